The van der Waals surface area contributed by atoms with Crippen LogP contribution >= 0.6 is 7.60 Å². The summed E-state index contributed by atoms with van der Waals surface area (Å²) in [5.41, 5.74) is 0.544. The highest BCUT2D eigenvalue weighted by Crippen LogP contribution is 2.42. The van der Waals surface area contributed by atoms with Crippen LogP contribution in [0, 0.1) is 11.8 Å². The minimum absolute atomic E-state index is 0.0667. The SMILES string of the molecule is CC.O=P(O)(O)C(CO)OCC1CCC(n2ncc3c(NC4CCCC4)nc(C#CCO)nc32)O1. The van der Waals surface area contributed by atoms with Gasteiger partial charge in [0.2, 0.25) is 5.82 Å². The van der Waals surface area contributed by atoms with Gasteiger partial charge in [-0.05, 0) is 31.6 Å². The minimum Gasteiger partial charge on any atom is -0.393 e. The molecule has 0 aromatic carbocycles. The maximum Gasteiger partial charge on any atom is 0.356 e. The Balaban J connectivity index is 0.00000167. The van der Waals surface area contributed by atoms with Gasteiger partial charge >= 0.3 is 7.60 Å². The molecule has 0 bridgehead atoms. The molecule has 2 aromatic heterocycles. The number of hydrogen-bond donors (Lipinski definition) is 5. The van der Waals surface area contributed by atoms with E-state index in [1.165, 1.54) is 12.8 Å². The summed E-state index contributed by atoms with van der Waals surface area (Å²) in [5.74, 6) is 4.67. The zero-order valence-electron chi connectivity index (χ0n) is 20.0. The molecule has 2 fully saturated rings. The number of nitrogens with one attached hydrogen (secondary N) is 1. The van der Waals surface area contributed by atoms with Gasteiger partial charge in [0.15, 0.2) is 17.7 Å². The summed E-state index contributed by atoms with van der Waals surface area (Å²) in [7, 11) is -4.56. The van der Waals surface area contributed by atoms with Gasteiger partial charge in [0.25, 0.3) is 0 Å². The first-order valence-electron chi connectivity index (χ1n) is 11.9. The fraction of sp³-hybridized carbons (Fsp3) is 0.682. The molecule has 35 heavy (non-hydrogen) atoms. The number of nitrogens with zero attached hydrogens (tertiary/aromatic N) is 4. The normalized spacial score (nSPS) is 21.3. The number of aliphatic hydroxyl groups excluding tert-OH is 2. The summed E-state index contributed by atoms with van der Waals surface area (Å²) >= 11 is 0. The van der Waals surface area contributed by atoms with Crippen molar-refractivity contribution >= 4 is 24.4 Å². The van der Waals surface area contributed by atoms with Gasteiger partial charge < -0.3 is 34.8 Å². The van der Waals surface area contributed by atoms with Gasteiger partial charge in [0.05, 0.1) is 30.9 Å². The lowest BCUT2D eigenvalue weighted by molar-refractivity contribution is -0.0592. The number of ether oxygens (including phenoxy) is 2. The topological polar surface area (TPSA) is 172 Å². The van der Waals surface area contributed by atoms with Crippen LogP contribution in [0.3, 0.4) is 0 Å². The van der Waals surface area contributed by atoms with Crippen molar-refractivity contribution in [3.8, 4) is 11.8 Å². The second kappa shape index (κ2) is 12.7. The Morgan fingerprint density at radius 1 is 1.23 bits per heavy atom. The van der Waals surface area contributed by atoms with E-state index in [0.717, 1.165) is 18.2 Å². The van der Waals surface area contributed by atoms with Gasteiger partial charge in [-0.25, -0.2) is 14.6 Å². The molecule has 0 amide bonds. The maximum absolute atomic E-state index is 11.3. The van der Waals surface area contributed by atoms with Crippen LogP contribution in [0.25, 0.3) is 11.0 Å². The van der Waals surface area contributed by atoms with Crippen molar-refractivity contribution in [2.75, 3.05) is 25.1 Å². The highest BCUT2D eigenvalue weighted by atomic mass is 31.2. The van der Waals surface area contributed by atoms with Crippen LogP contribution < -0.4 is 5.32 Å². The second-order valence-corrected chi connectivity index (χ2v) is 9.91. The first-order valence-corrected chi connectivity index (χ1v) is 13.6. The third-order valence-electron chi connectivity index (χ3n) is 5.79. The van der Waals surface area contributed by atoms with Crippen molar-refractivity contribution in [2.24, 2.45) is 0 Å². The summed E-state index contributed by atoms with van der Waals surface area (Å²) in [6.45, 7) is 2.85. The molecule has 1 aliphatic heterocycles. The van der Waals surface area contributed by atoms with Crippen molar-refractivity contribution in [2.45, 2.75) is 76.6 Å². The lowest BCUT2D eigenvalue weighted by atomic mass is 10.2. The number of hydrogen-bond acceptors (Lipinski definition) is 9. The molecule has 0 radical (unpaired) electrons. The predicted octanol–water partition coefficient (Wildman–Crippen LogP) is 1.74. The number of aliphatic hydroxyl groups is 2. The monoisotopic (exact) mass is 511 g/mol. The summed E-state index contributed by atoms with van der Waals surface area (Å²) in [6.07, 6.45) is 6.45. The predicted molar refractivity (Wildman–Crippen MR) is 129 cm³/mol. The standard InChI is InChI=1S/C20H28N5O7P.C2H6/c26-9-3-6-16-23-19(22-13-4-1-2-5-13)15-10-21-25(20(15)24-16)17-8-7-14(32-17)12-31-18(11-27)33(28,29)30;1-2/h10,13-14,17-18,26-27H,1-2,4-5,7-9,11-12H2,(H,22,23,24)(H2,28,29,30);1-2H3. The van der Waals surface area contributed by atoms with Crippen LogP contribution in [-0.4, -0.2) is 77.6 Å². The van der Waals surface area contributed by atoms with Crippen LogP contribution in [-0.2, 0) is 14.0 Å². The van der Waals surface area contributed by atoms with Crippen LogP contribution in [0.1, 0.15) is 64.4 Å². The summed E-state index contributed by atoms with van der Waals surface area (Å²) in [6, 6.07) is 0.322. The van der Waals surface area contributed by atoms with Crippen molar-refractivity contribution < 1.29 is 34.0 Å². The van der Waals surface area contributed by atoms with Crippen LogP contribution in [0.5, 0.6) is 0 Å². The molecule has 5 N–H and O–H groups in total. The maximum atomic E-state index is 11.3. The highest BCUT2D eigenvalue weighted by Gasteiger charge is 2.33. The first kappa shape index (κ1) is 27.5. The van der Waals surface area contributed by atoms with Crippen LogP contribution in [0.4, 0.5) is 5.82 Å². The number of anilines is 1. The molecule has 194 valence electrons. The Kier molecular flexibility index (Phi) is 10.0. The molecule has 1 aliphatic carbocycles. The Morgan fingerprint density at radius 3 is 2.63 bits per heavy atom. The number of aromatic nitrogens is 4. The van der Waals surface area contributed by atoms with Crippen molar-refractivity contribution in [1.82, 2.24) is 19.7 Å². The van der Waals surface area contributed by atoms with E-state index in [-0.39, 0.29) is 19.0 Å². The molecule has 2 aromatic rings. The van der Waals surface area contributed by atoms with Gasteiger partial charge in [0.1, 0.15) is 12.4 Å². The first-order chi connectivity index (χ1) is 16.9. The third-order valence-corrected chi connectivity index (χ3v) is 6.86. The Hall–Kier alpha value is -2.10. The zero-order valence-corrected chi connectivity index (χ0v) is 20.9. The Bertz CT molecular complexity index is 1070. The van der Waals surface area contributed by atoms with Gasteiger partial charge in [0, 0.05) is 6.04 Å². The fourth-order valence-electron chi connectivity index (χ4n) is 4.15. The second-order valence-electron chi connectivity index (χ2n) is 8.16. The highest BCUT2D eigenvalue weighted by molar-refractivity contribution is 7.52. The molecule has 0 spiro atoms. The fourth-order valence-corrected chi connectivity index (χ4v) is 4.64. The lowest BCUT2D eigenvalue weighted by Crippen LogP contribution is -2.24. The van der Waals surface area contributed by atoms with Crippen molar-refractivity contribution in [3.63, 3.8) is 0 Å². The molecular formula is C22H34N5O7P. The largest absolute Gasteiger partial charge is 0.393 e. The lowest BCUT2D eigenvalue weighted by Gasteiger charge is -2.20. The number of fused-ring (bicyclic) bond motifs is 1. The molecule has 13 heteroatoms. The molecule has 3 atom stereocenters. The van der Waals surface area contributed by atoms with E-state index in [1.54, 1.807) is 10.9 Å². The molecule has 3 unspecified atom stereocenters. The average Bonchev–Trinajstić information content (AvgIpc) is 3.59. The molecule has 1 saturated carbocycles. The Labute approximate surface area is 204 Å². The van der Waals surface area contributed by atoms with Gasteiger partial charge in [-0.3, -0.25) is 4.57 Å². The summed E-state index contributed by atoms with van der Waals surface area (Å²) in [5, 5.41) is 26.9. The van der Waals surface area contributed by atoms with E-state index in [9.17, 15) is 14.4 Å². The zero-order chi connectivity index (χ0) is 25.4. The molecule has 2 aliphatic rings. The number of rotatable bonds is 8. The van der Waals surface area contributed by atoms with E-state index in [1.807, 2.05) is 13.8 Å². The molecule has 4 rings (SSSR count). The molecular weight excluding hydrogens is 477 g/mol. The van der Waals surface area contributed by atoms with Gasteiger partial charge in [-0.15, -0.1) is 0 Å². The van der Waals surface area contributed by atoms with Gasteiger partial charge in [-0.2, -0.15) is 5.10 Å². The van der Waals surface area contributed by atoms with Gasteiger partial charge in [-0.1, -0.05) is 32.6 Å². The molecule has 12 nitrogen and oxygen atoms in total. The minimum atomic E-state index is -4.56. The van der Waals surface area contributed by atoms with E-state index in [0.29, 0.717) is 30.3 Å². The third kappa shape index (κ3) is 6.98. The molecule has 1 saturated heterocycles. The van der Waals surface area contributed by atoms with E-state index >= 15 is 0 Å². The van der Waals surface area contributed by atoms with Crippen LogP contribution in [0.2, 0.25) is 0 Å². The van der Waals surface area contributed by atoms with E-state index in [4.69, 9.17) is 19.7 Å². The smallest absolute Gasteiger partial charge is 0.356 e. The van der Waals surface area contributed by atoms with E-state index < -0.39 is 32.4 Å². The summed E-state index contributed by atoms with van der Waals surface area (Å²) < 4.78 is 24.2. The average molecular weight is 512 g/mol. The van der Waals surface area contributed by atoms with Crippen molar-refractivity contribution in [3.05, 3.63) is 12.0 Å². The summed E-state index contributed by atoms with van der Waals surface area (Å²) in [4.78, 5) is 27.5. The van der Waals surface area contributed by atoms with E-state index in [2.05, 4.69) is 32.2 Å². The quantitative estimate of drug-likeness (QED) is 0.258. The molecule has 3 heterocycles. The Morgan fingerprint density at radius 2 is 1.97 bits per heavy atom. The van der Waals surface area contributed by atoms with Crippen LogP contribution in [0.15, 0.2) is 6.20 Å². The van der Waals surface area contributed by atoms with Crippen molar-refractivity contribution in [1.29, 1.82) is 0 Å².